The van der Waals surface area contributed by atoms with Crippen LogP contribution in [0, 0.1) is 10.5 Å². The van der Waals surface area contributed by atoms with Gasteiger partial charge in [0.15, 0.2) is 0 Å². The lowest BCUT2D eigenvalue weighted by Crippen LogP contribution is -2.14. The van der Waals surface area contributed by atoms with Gasteiger partial charge in [-0.1, -0.05) is 28.1 Å². The number of hydrogen-bond acceptors (Lipinski definition) is 1. The van der Waals surface area contributed by atoms with E-state index in [2.05, 4.69) is 43.8 Å². The Kier molecular flexibility index (Phi) is 4.40. The zero-order valence-electron chi connectivity index (χ0n) is 9.71. The van der Waals surface area contributed by atoms with Crippen LogP contribution in [0.15, 0.2) is 46.9 Å². The van der Waals surface area contributed by atoms with Gasteiger partial charge in [-0.05, 0) is 65.4 Å². The maximum atomic E-state index is 12.1. The summed E-state index contributed by atoms with van der Waals surface area (Å²) in [6.07, 6.45) is 0. The van der Waals surface area contributed by atoms with Crippen LogP contribution in [0.2, 0.25) is 0 Å². The van der Waals surface area contributed by atoms with E-state index in [0.717, 1.165) is 19.3 Å². The summed E-state index contributed by atoms with van der Waals surface area (Å²) in [5.74, 6) is -0.0783. The number of hydrogen-bond donors (Lipinski definition) is 1. The molecule has 4 heteroatoms. The molecule has 1 amide bonds. The molecule has 0 atom stereocenters. The SMILES string of the molecule is Cc1cc(Br)ccc1NC(=O)c1ccccc1I. The summed E-state index contributed by atoms with van der Waals surface area (Å²) in [5, 5.41) is 2.93. The fourth-order valence-electron chi connectivity index (χ4n) is 1.60. The molecule has 0 saturated carbocycles. The van der Waals surface area contributed by atoms with Crippen molar-refractivity contribution in [3.05, 3.63) is 61.6 Å². The lowest BCUT2D eigenvalue weighted by atomic mass is 10.1. The van der Waals surface area contributed by atoms with Gasteiger partial charge in [-0.25, -0.2) is 0 Å². The molecule has 0 unspecified atom stereocenters. The minimum Gasteiger partial charge on any atom is -0.322 e. The summed E-state index contributed by atoms with van der Waals surface area (Å²) in [6.45, 7) is 1.97. The molecule has 1 N–H and O–H groups in total. The first kappa shape index (κ1) is 13.5. The predicted molar refractivity (Wildman–Crippen MR) is 86.0 cm³/mol. The molecule has 2 rings (SSSR count). The predicted octanol–water partition coefficient (Wildman–Crippen LogP) is 4.61. The third-order valence-electron chi connectivity index (χ3n) is 2.56. The normalized spacial score (nSPS) is 10.2. The van der Waals surface area contributed by atoms with Gasteiger partial charge >= 0.3 is 0 Å². The second-order valence-corrected chi connectivity index (χ2v) is 5.97. The average molecular weight is 416 g/mol. The highest BCUT2D eigenvalue weighted by Crippen LogP contribution is 2.21. The molecule has 0 heterocycles. The molecule has 0 aromatic heterocycles. The topological polar surface area (TPSA) is 29.1 Å². The number of anilines is 1. The van der Waals surface area contributed by atoms with Crippen LogP contribution in [-0.2, 0) is 0 Å². The van der Waals surface area contributed by atoms with Crippen molar-refractivity contribution >= 4 is 50.1 Å². The van der Waals surface area contributed by atoms with Crippen LogP contribution >= 0.6 is 38.5 Å². The van der Waals surface area contributed by atoms with E-state index in [0.29, 0.717) is 5.56 Å². The van der Waals surface area contributed by atoms with E-state index in [1.807, 2.05) is 49.4 Å². The third kappa shape index (κ3) is 3.11. The fourth-order valence-corrected chi connectivity index (χ4v) is 2.71. The molecule has 2 nitrogen and oxygen atoms in total. The summed E-state index contributed by atoms with van der Waals surface area (Å²) < 4.78 is 1.95. The Morgan fingerprint density at radius 3 is 2.61 bits per heavy atom. The van der Waals surface area contributed by atoms with Crippen molar-refractivity contribution in [3.8, 4) is 0 Å². The Balaban J connectivity index is 2.24. The number of nitrogens with one attached hydrogen (secondary N) is 1. The van der Waals surface area contributed by atoms with Crippen molar-refractivity contribution < 1.29 is 4.79 Å². The second kappa shape index (κ2) is 5.84. The minimum absolute atomic E-state index is 0.0783. The Labute approximate surface area is 128 Å². The molecule has 0 aliphatic heterocycles. The Hall–Kier alpha value is -0.880. The molecule has 0 aliphatic rings. The molecule has 2 aromatic rings. The monoisotopic (exact) mass is 415 g/mol. The van der Waals surface area contributed by atoms with Crippen molar-refractivity contribution in [3.63, 3.8) is 0 Å². The maximum Gasteiger partial charge on any atom is 0.256 e. The quantitative estimate of drug-likeness (QED) is 0.712. The van der Waals surface area contributed by atoms with Gasteiger partial charge in [-0.3, -0.25) is 4.79 Å². The molecule has 0 spiro atoms. The van der Waals surface area contributed by atoms with Crippen LogP contribution in [0.5, 0.6) is 0 Å². The number of amides is 1. The lowest BCUT2D eigenvalue weighted by Gasteiger charge is -2.09. The Morgan fingerprint density at radius 2 is 1.94 bits per heavy atom. The van der Waals surface area contributed by atoms with Gasteiger partial charge in [0.2, 0.25) is 0 Å². The van der Waals surface area contributed by atoms with Crippen molar-refractivity contribution in [1.29, 1.82) is 0 Å². The van der Waals surface area contributed by atoms with E-state index >= 15 is 0 Å². The molecule has 0 fully saturated rings. The molecule has 0 aliphatic carbocycles. The highest BCUT2D eigenvalue weighted by Gasteiger charge is 2.10. The van der Waals surface area contributed by atoms with Gasteiger partial charge < -0.3 is 5.32 Å². The molecule has 0 saturated heterocycles. The molecule has 2 aromatic carbocycles. The highest BCUT2D eigenvalue weighted by molar-refractivity contribution is 14.1. The van der Waals surface area contributed by atoms with Crippen molar-refractivity contribution in [1.82, 2.24) is 0 Å². The van der Waals surface area contributed by atoms with Crippen LogP contribution < -0.4 is 5.32 Å². The second-order valence-electron chi connectivity index (χ2n) is 3.89. The fraction of sp³-hybridized carbons (Fsp3) is 0.0714. The molecule has 0 bridgehead atoms. The van der Waals surface area contributed by atoms with Crippen LogP contribution in [-0.4, -0.2) is 5.91 Å². The van der Waals surface area contributed by atoms with E-state index < -0.39 is 0 Å². The third-order valence-corrected chi connectivity index (χ3v) is 3.99. The van der Waals surface area contributed by atoms with Crippen molar-refractivity contribution in [2.24, 2.45) is 0 Å². The molecule has 18 heavy (non-hydrogen) atoms. The van der Waals surface area contributed by atoms with Gasteiger partial charge in [-0.15, -0.1) is 0 Å². The van der Waals surface area contributed by atoms with Crippen LogP contribution in [0.3, 0.4) is 0 Å². The van der Waals surface area contributed by atoms with Gasteiger partial charge in [-0.2, -0.15) is 0 Å². The molecule has 92 valence electrons. The van der Waals surface area contributed by atoms with Crippen LogP contribution in [0.1, 0.15) is 15.9 Å². The van der Waals surface area contributed by atoms with E-state index in [1.54, 1.807) is 0 Å². The molecule has 0 radical (unpaired) electrons. The summed E-state index contributed by atoms with van der Waals surface area (Å²) in [4.78, 5) is 12.1. The van der Waals surface area contributed by atoms with Gasteiger partial charge in [0, 0.05) is 13.7 Å². The van der Waals surface area contributed by atoms with E-state index in [9.17, 15) is 4.79 Å². The minimum atomic E-state index is -0.0783. The zero-order valence-corrected chi connectivity index (χ0v) is 13.4. The first-order valence-corrected chi connectivity index (χ1v) is 7.27. The van der Waals surface area contributed by atoms with Gasteiger partial charge in [0.05, 0.1) is 5.56 Å². The lowest BCUT2D eigenvalue weighted by molar-refractivity contribution is 0.102. The number of halogens is 2. The largest absolute Gasteiger partial charge is 0.322 e. The number of aryl methyl sites for hydroxylation is 1. The standard InChI is InChI=1S/C14H11BrINO/c1-9-8-10(15)6-7-13(9)17-14(18)11-4-2-3-5-12(11)16/h2-8H,1H3,(H,17,18). The first-order valence-electron chi connectivity index (χ1n) is 5.40. The van der Waals surface area contributed by atoms with E-state index in [1.165, 1.54) is 0 Å². The summed E-state index contributed by atoms with van der Waals surface area (Å²) >= 11 is 5.57. The van der Waals surface area contributed by atoms with Crippen molar-refractivity contribution in [2.75, 3.05) is 5.32 Å². The van der Waals surface area contributed by atoms with E-state index in [4.69, 9.17) is 0 Å². The van der Waals surface area contributed by atoms with Gasteiger partial charge in [0.25, 0.3) is 5.91 Å². The average Bonchev–Trinajstić information content (AvgIpc) is 2.33. The summed E-state index contributed by atoms with van der Waals surface area (Å²) in [5.41, 5.74) is 2.56. The maximum absolute atomic E-state index is 12.1. The number of carbonyl (C=O) groups is 1. The first-order chi connectivity index (χ1) is 8.58. The summed E-state index contributed by atoms with van der Waals surface area (Å²) in [6, 6.07) is 13.3. The van der Waals surface area contributed by atoms with Crippen LogP contribution in [0.4, 0.5) is 5.69 Å². The van der Waals surface area contributed by atoms with Crippen LogP contribution in [0.25, 0.3) is 0 Å². The summed E-state index contributed by atoms with van der Waals surface area (Å²) in [7, 11) is 0. The number of rotatable bonds is 2. The smallest absolute Gasteiger partial charge is 0.256 e. The molecular formula is C14H11BrINO. The zero-order chi connectivity index (χ0) is 13.1. The van der Waals surface area contributed by atoms with E-state index in [-0.39, 0.29) is 5.91 Å². The molecular weight excluding hydrogens is 405 g/mol. The van der Waals surface area contributed by atoms with Crippen molar-refractivity contribution in [2.45, 2.75) is 6.92 Å². The van der Waals surface area contributed by atoms with Gasteiger partial charge in [0.1, 0.15) is 0 Å². The Morgan fingerprint density at radius 1 is 1.22 bits per heavy atom. The Bertz CT molecular complexity index is 598. The number of carbonyl (C=O) groups excluding carboxylic acids is 1. The number of benzene rings is 2. The highest BCUT2D eigenvalue weighted by atomic mass is 127.